The van der Waals surface area contributed by atoms with Crippen molar-refractivity contribution >= 4 is 17.7 Å². The molecule has 0 bridgehead atoms. The molecule has 1 atom stereocenters. The van der Waals surface area contributed by atoms with Crippen molar-refractivity contribution in [2.45, 2.75) is 20.0 Å². The molecule has 0 fully saturated rings. The Hall–Kier alpha value is -3.15. The van der Waals surface area contributed by atoms with Gasteiger partial charge in [-0.2, -0.15) is 0 Å². The Labute approximate surface area is 152 Å². The summed E-state index contributed by atoms with van der Waals surface area (Å²) < 4.78 is 10.4. The van der Waals surface area contributed by atoms with Gasteiger partial charge in [0.25, 0.3) is 5.91 Å². The zero-order valence-corrected chi connectivity index (χ0v) is 14.7. The van der Waals surface area contributed by atoms with E-state index in [1.54, 1.807) is 54.6 Å². The molecule has 26 heavy (non-hydrogen) atoms. The van der Waals surface area contributed by atoms with E-state index in [-0.39, 0.29) is 18.2 Å². The molecular formula is C20H21NO5. The first-order valence-corrected chi connectivity index (χ1v) is 8.31. The predicted molar refractivity (Wildman–Crippen MR) is 96.3 cm³/mol. The van der Waals surface area contributed by atoms with Crippen LogP contribution in [0.25, 0.3) is 0 Å². The van der Waals surface area contributed by atoms with Crippen molar-refractivity contribution in [2.75, 3.05) is 13.2 Å². The van der Waals surface area contributed by atoms with Crippen LogP contribution in [0.4, 0.5) is 0 Å². The fourth-order valence-corrected chi connectivity index (χ4v) is 2.25. The molecule has 1 N–H and O–H groups in total. The molecule has 0 aliphatic heterocycles. The Balaban J connectivity index is 1.84. The van der Waals surface area contributed by atoms with Gasteiger partial charge in [0, 0.05) is 11.1 Å². The summed E-state index contributed by atoms with van der Waals surface area (Å²) in [7, 11) is 0. The van der Waals surface area contributed by atoms with E-state index in [1.165, 1.54) is 6.92 Å². The van der Waals surface area contributed by atoms with E-state index >= 15 is 0 Å². The Morgan fingerprint density at radius 2 is 1.62 bits per heavy atom. The number of hydrogen-bond donors (Lipinski definition) is 1. The van der Waals surface area contributed by atoms with Crippen LogP contribution in [0.15, 0.2) is 54.6 Å². The maximum Gasteiger partial charge on any atom is 0.326 e. The van der Waals surface area contributed by atoms with Crippen LogP contribution in [0.2, 0.25) is 0 Å². The smallest absolute Gasteiger partial charge is 0.326 e. The highest BCUT2D eigenvalue weighted by Gasteiger charge is 2.20. The van der Waals surface area contributed by atoms with Crippen molar-refractivity contribution in [3.8, 4) is 5.75 Å². The van der Waals surface area contributed by atoms with E-state index in [2.05, 4.69) is 5.32 Å². The zero-order valence-electron chi connectivity index (χ0n) is 14.7. The van der Waals surface area contributed by atoms with Crippen molar-refractivity contribution in [3.63, 3.8) is 0 Å². The van der Waals surface area contributed by atoms with E-state index in [9.17, 15) is 14.4 Å². The van der Waals surface area contributed by atoms with Crippen molar-refractivity contribution in [1.29, 1.82) is 0 Å². The first kappa shape index (κ1) is 19.2. The van der Waals surface area contributed by atoms with Crippen molar-refractivity contribution in [3.05, 3.63) is 65.7 Å². The van der Waals surface area contributed by atoms with Gasteiger partial charge in [-0.25, -0.2) is 0 Å². The third-order valence-corrected chi connectivity index (χ3v) is 3.56. The lowest BCUT2D eigenvalue weighted by molar-refractivity contribution is -0.145. The van der Waals surface area contributed by atoms with E-state index in [4.69, 9.17) is 9.47 Å². The number of amides is 1. The minimum atomic E-state index is -0.950. The minimum Gasteiger partial charge on any atom is -0.494 e. The maximum absolute atomic E-state index is 12.3. The minimum absolute atomic E-state index is 0.311. The lowest BCUT2D eigenvalue weighted by atomic mass is 10.1. The standard InChI is InChI=1S/C20H21NO5/c1-3-25-17-11-9-15(10-12-17)19(23)14(2)26-18(22)13-21-20(24)16-7-5-4-6-8-16/h4-12,14H,3,13H2,1-2H3,(H,21,24)/t14-/m0/s1. The number of ketones is 1. The second kappa shape index (κ2) is 9.36. The first-order valence-electron chi connectivity index (χ1n) is 8.31. The molecule has 0 heterocycles. The fourth-order valence-electron chi connectivity index (χ4n) is 2.25. The summed E-state index contributed by atoms with van der Waals surface area (Å²) in [6.07, 6.45) is -0.950. The second-order valence-electron chi connectivity index (χ2n) is 5.50. The zero-order chi connectivity index (χ0) is 18.9. The molecule has 6 nitrogen and oxygen atoms in total. The van der Waals surface area contributed by atoms with E-state index in [1.807, 2.05) is 6.92 Å². The molecule has 1 amide bonds. The molecule has 0 unspecified atom stereocenters. The van der Waals surface area contributed by atoms with Crippen molar-refractivity contribution in [1.82, 2.24) is 5.32 Å². The topological polar surface area (TPSA) is 81.7 Å². The van der Waals surface area contributed by atoms with Crippen LogP contribution < -0.4 is 10.1 Å². The van der Waals surface area contributed by atoms with Crippen LogP contribution >= 0.6 is 0 Å². The number of ether oxygens (including phenoxy) is 2. The Bertz CT molecular complexity index is 756. The van der Waals surface area contributed by atoms with Gasteiger partial charge in [-0.15, -0.1) is 0 Å². The molecule has 2 rings (SSSR count). The molecule has 0 saturated heterocycles. The van der Waals surface area contributed by atoms with Gasteiger partial charge in [0.05, 0.1) is 6.61 Å². The van der Waals surface area contributed by atoms with Crippen LogP contribution in [0.1, 0.15) is 34.6 Å². The number of Topliss-reactive ketones (excluding diaryl/α,β-unsaturated/α-hetero) is 1. The van der Waals surface area contributed by atoms with Crippen molar-refractivity contribution in [2.24, 2.45) is 0 Å². The molecule has 0 aliphatic carbocycles. The van der Waals surface area contributed by atoms with Crippen LogP contribution in [-0.2, 0) is 9.53 Å². The van der Waals surface area contributed by atoms with Crippen LogP contribution in [-0.4, -0.2) is 36.9 Å². The van der Waals surface area contributed by atoms with Gasteiger partial charge >= 0.3 is 5.97 Å². The maximum atomic E-state index is 12.3. The molecule has 136 valence electrons. The molecule has 0 radical (unpaired) electrons. The number of hydrogen-bond acceptors (Lipinski definition) is 5. The van der Waals surface area contributed by atoms with Crippen LogP contribution in [0, 0.1) is 0 Å². The molecule has 0 aliphatic rings. The first-order chi connectivity index (χ1) is 12.5. The van der Waals surface area contributed by atoms with Gasteiger partial charge < -0.3 is 14.8 Å². The number of esters is 1. The molecular weight excluding hydrogens is 334 g/mol. The second-order valence-corrected chi connectivity index (χ2v) is 5.50. The highest BCUT2D eigenvalue weighted by atomic mass is 16.5. The van der Waals surface area contributed by atoms with Gasteiger partial charge in [-0.05, 0) is 50.2 Å². The van der Waals surface area contributed by atoms with E-state index < -0.39 is 12.1 Å². The fraction of sp³-hybridized carbons (Fsp3) is 0.250. The molecule has 0 saturated carbocycles. The summed E-state index contributed by atoms with van der Waals surface area (Å²) in [6, 6.07) is 15.1. The lowest BCUT2D eigenvalue weighted by Gasteiger charge is -2.13. The third-order valence-electron chi connectivity index (χ3n) is 3.56. The molecule has 6 heteroatoms. The summed E-state index contributed by atoms with van der Waals surface area (Å²) in [5, 5.41) is 2.46. The highest BCUT2D eigenvalue weighted by Crippen LogP contribution is 2.14. The number of benzene rings is 2. The van der Waals surface area contributed by atoms with Gasteiger partial charge in [-0.3, -0.25) is 14.4 Å². The van der Waals surface area contributed by atoms with Gasteiger partial charge in [0.1, 0.15) is 12.3 Å². The normalized spacial score (nSPS) is 11.3. The molecule has 2 aromatic rings. The van der Waals surface area contributed by atoms with E-state index in [0.29, 0.717) is 23.5 Å². The van der Waals surface area contributed by atoms with Crippen LogP contribution in [0.5, 0.6) is 5.75 Å². The predicted octanol–water partition coefficient (Wildman–Crippen LogP) is 2.63. The lowest BCUT2D eigenvalue weighted by Crippen LogP contribution is -2.34. The summed E-state index contributed by atoms with van der Waals surface area (Å²) in [5.74, 6) is -0.720. The number of nitrogens with one attached hydrogen (secondary N) is 1. The summed E-state index contributed by atoms with van der Waals surface area (Å²) in [4.78, 5) is 36.0. The van der Waals surface area contributed by atoms with Crippen molar-refractivity contribution < 1.29 is 23.9 Å². The largest absolute Gasteiger partial charge is 0.494 e. The Morgan fingerprint density at radius 3 is 2.23 bits per heavy atom. The van der Waals surface area contributed by atoms with Gasteiger partial charge in [0.2, 0.25) is 5.78 Å². The molecule has 2 aromatic carbocycles. The molecule has 0 aromatic heterocycles. The van der Waals surface area contributed by atoms with Crippen LogP contribution in [0.3, 0.4) is 0 Å². The monoisotopic (exact) mass is 355 g/mol. The van der Waals surface area contributed by atoms with E-state index in [0.717, 1.165) is 0 Å². The average molecular weight is 355 g/mol. The quantitative estimate of drug-likeness (QED) is 0.581. The number of rotatable bonds is 8. The third kappa shape index (κ3) is 5.44. The van der Waals surface area contributed by atoms with Gasteiger partial charge in [0.15, 0.2) is 6.10 Å². The average Bonchev–Trinajstić information content (AvgIpc) is 2.67. The SMILES string of the molecule is CCOc1ccc(C(=O)[C@H](C)OC(=O)CNC(=O)c2ccccc2)cc1. The summed E-state index contributed by atoms with van der Waals surface area (Å²) >= 11 is 0. The number of carbonyl (C=O) groups is 3. The Morgan fingerprint density at radius 1 is 0.962 bits per heavy atom. The highest BCUT2D eigenvalue weighted by molar-refractivity contribution is 6.00. The van der Waals surface area contributed by atoms with Gasteiger partial charge in [-0.1, -0.05) is 18.2 Å². The summed E-state index contributed by atoms with van der Waals surface area (Å²) in [6.45, 7) is 3.59. The number of carbonyl (C=O) groups excluding carboxylic acids is 3. The summed E-state index contributed by atoms with van der Waals surface area (Å²) in [5.41, 5.74) is 0.862. The molecule has 0 spiro atoms. The Kier molecular flexibility index (Phi) is 6.91.